The molecular formula is C33H38N5O5PSSi. The molecule has 0 spiro atoms. The van der Waals surface area contributed by atoms with Crippen molar-refractivity contribution in [2.24, 2.45) is 5.92 Å². The van der Waals surface area contributed by atoms with E-state index in [0.29, 0.717) is 0 Å². The van der Waals surface area contributed by atoms with E-state index in [0.717, 1.165) is 27.7 Å². The molecule has 4 aromatic rings. The van der Waals surface area contributed by atoms with Crippen LogP contribution in [0.2, 0.25) is 18.1 Å². The molecule has 0 bridgehead atoms. The highest BCUT2D eigenvalue weighted by molar-refractivity contribution is 8.14. The molecular weight excluding hydrogens is 638 g/mol. The summed E-state index contributed by atoms with van der Waals surface area (Å²) in [5.41, 5.74) is -0.0441. The van der Waals surface area contributed by atoms with Gasteiger partial charge in [-0.25, -0.2) is 9.48 Å². The van der Waals surface area contributed by atoms with Gasteiger partial charge in [0.15, 0.2) is 8.32 Å². The van der Waals surface area contributed by atoms with Crippen LogP contribution in [-0.4, -0.2) is 72.9 Å². The second kappa shape index (κ2) is 13.5. The van der Waals surface area contributed by atoms with Crippen LogP contribution in [0.4, 0.5) is 0 Å². The van der Waals surface area contributed by atoms with Gasteiger partial charge in [-0.1, -0.05) is 124 Å². The van der Waals surface area contributed by atoms with Gasteiger partial charge in [0.1, 0.15) is 23.7 Å². The van der Waals surface area contributed by atoms with Crippen LogP contribution in [0.15, 0.2) is 97.3 Å². The molecule has 5 rings (SSSR count). The van der Waals surface area contributed by atoms with Crippen molar-refractivity contribution in [3.05, 3.63) is 97.3 Å². The van der Waals surface area contributed by atoms with Crippen LogP contribution in [0.1, 0.15) is 20.8 Å². The van der Waals surface area contributed by atoms with Crippen molar-refractivity contribution >= 4 is 65.3 Å². The fourth-order valence-corrected chi connectivity index (χ4v) is 11.9. The number of aromatic nitrogens is 4. The number of β-lactam (4-membered cyclic amide) rings is 1. The van der Waals surface area contributed by atoms with Crippen molar-refractivity contribution in [1.82, 2.24) is 25.1 Å². The van der Waals surface area contributed by atoms with E-state index in [2.05, 4.69) is 49.4 Å². The Kier molecular flexibility index (Phi) is 9.83. The van der Waals surface area contributed by atoms with Crippen molar-refractivity contribution < 1.29 is 23.9 Å². The first kappa shape index (κ1) is 33.5. The Labute approximate surface area is 274 Å². The van der Waals surface area contributed by atoms with Crippen molar-refractivity contribution in [3.63, 3.8) is 0 Å². The zero-order valence-electron chi connectivity index (χ0n) is 26.5. The van der Waals surface area contributed by atoms with Gasteiger partial charge in [-0.05, 0) is 44.5 Å². The first-order valence-electron chi connectivity index (χ1n) is 14.9. The Morgan fingerprint density at radius 3 is 1.83 bits per heavy atom. The lowest BCUT2D eigenvalue weighted by Crippen LogP contribution is -2.66. The maximum atomic E-state index is 14.4. The van der Waals surface area contributed by atoms with Gasteiger partial charge in [0.25, 0.3) is 0 Å². The molecule has 1 aliphatic rings. The molecule has 46 heavy (non-hydrogen) atoms. The smallest absolute Gasteiger partial charge is 0.353 e. The lowest BCUT2D eigenvalue weighted by molar-refractivity contribution is -0.147. The fraction of sp³-hybridized carbons (Fsp3) is 0.303. The number of carboxylic acids is 1. The van der Waals surface area contributed by atoms with Gasteiger partial charge in [0.05, 0.1) is 5.92 Å². The number of likely N-dealkylation sites (tertiary alicyclic amines) is 1. The number of hydrogen-bond acceptors (Lipinski definition) is 8. The minimum absolute atomic E-state index is 0.0441. The summed E-state index contributed by atoms with van der Waals surface area (Å²) in [6.45, 7) is 7.31. The Morgan fingerprint density at radius 1 is 0.913 bits per heavy atom. The number of thioether (sulfide) groups is 1. The summed E-state index contributed by atoms with van der Waals surface area (Å²) in [6.07, 6.45) is 1.34. The second-order valence-corrected chi connectivity index (χ2v) is 21.9. The molecule has 13 heteroatoms. The molecule has 1 N–H and O–H groups in total. The van der Waals surface area contributed by atoms with Crippen LogP contribution >= 0.6 is 18.6 Å². The maximum Gasteiger partial charge on any atom is 0.353 e. The van der Waals surface area contributed by atoms with E-state index in [4.69, 9.17) is 4.43 Å². The normalized spacial score (nSPS) is 17.0. The number of benzene rings is 3. The van der Waals surface area contributed by atoms with Gasteiger partial charge in [-0.15, -0.1) is 5.10 Å². The molecule has 240 valence electrons. The summed E-state index contributed by atoms with van der Waals surface area (Å²) in [4.78, 5) is 42.9. The van der Waals surface area contributed by atoms with Crippen molar-refractivity contribution in [1.29, 1.82) is 0 Å². The maximum absolute atomic E-state index is 14.4. The zero-order valence-corrected chi connectivity index (χ0v) is 29.2. The average molecular weight is 676 g/mol. The molecule has 0 radical (unpaired) electrons. The quantitative estimate of drug-likeness (QED) is 0.143. The Balaban J connectivity index is 1.73. The van der Waals surface area contributed by atoms with Crippen molar-refractivity contribution in [3.8, 4) is 0 Å². The number of tetrazole rings is 1. The largest absolute Gasteiger partial charge is 0.477 e. The van der Waals surface area contributed by atoms with E-state index < -0.39 is 32.5 Å². The Morgan fingerprint density at radius 2 is 1.41 bits per heavy atom. The molecule has 1 aromatic heterocycles. The lowest BCUT2D eigenvalue weighted by atomic mass is 9.99. The molecule has 0 unspecified atom stereocenters. The van der Waals surface area contributed by atoms with Crippen LogP contribution in [0.3, 0.4) is 0 Å². The second-order valence-electron chi connectivity index (χ2n) is 12.6. The van der Waals surface area contributed by atoms with Gasteiger partial charge < -0.3 is 9.53 Å². The molecule has 10 nitrogen and oxygen atoms in total. The third-order valence-corrected chi connectivity index (χ3v) is 18.6. The standard InChI is InChI=1S/C33H38N5O5PSSi/c1-33(2,3)46(4,5)43-22-27-29(40)38(31(27)45-28(39)21-37-23-34-35-36-37)30(32(41)42)44(24-15-9-6-10-16-24,25-17-11-7-12-18-25)26-19-13-8-14-20-26/h6-20,23,27,31H,21-22H2,1-5H3,(H,41,42)/t27-,31+/m0/s1. The van der Waals surface area contributed by atoms with E-state index >= 15 is 0 Å². The van der Waals surface area contributed by atoms with Gasteiger partial charge in [-0.2, -0.15) is 0 Å². The van der Waals surface area contributed by atoms with Crippen molar-refractivity contribution in [2.75, 3.05) is 6.61 Å². The fourth-order valence-electron chi connectivity index (χ4n) is 5.29. The summed E-state index contributed by atoms with van der Waals surface area (Å²) >= 11 is 0.929. The van der Waals surface area contributed by atoms with Gasteiger partial charge in [-0.3, -0.25) is 14.5 Å². The van der Waals surface area contributed by atoms with E-state index in [1.165, 1.54) is 15.9 Å². The van der Waals surface area contributed by atoms with E-state index in [1.807, 2.05) is 91.0 Å². The van der Waals surface area contributed by atoms with Crippen LogP contribution in [0.25, 0.3) is 0 Å². The lowest BCUT2D eigenvalue weighted by Gasteiger charge is -2.49. The number of nitrogens with zero attached hydrogens (tertiary/aromatic N) is 5. The Hall–Kier alpha value is -3.83. The Bertz CT molecular complexity index is 1650. The number of hydrogen-bond donors (Lipinski definition) is 1. The number of carboxylic acid groups (broad SMARTS) is 1. The number of carbonyl (C=O) groups excluding carboxylic acids is 2. The van der Waals surface area contributed by atoms with Crippen LogP contribution < -0.4 is 15.9 Å². The van der Waals surface area contributed by atoms with Crippen LogP contribution in [-0.2, 0) is 25.4 Å². The molecule has 1 saturated heterocycles. The third-order valence-electron chi connectivity index (χ3n) is 8.69. The van der Waals surface area contributed by atoms with E-state index in [-0.39, 0.29) is 34.6 Å². The first-order valence-corrected chi connectivity index (χ1v) is 20.5. The molecule has 3 aromatic carbocycles. The highest BCUT2D eigenvalue weighted by atomic mass is 32.2. The molecule has 0 aliphatic carbocycles. The highest BCUT2D eigenvalue weighted by Crippen LogP contribution is 2.50. The van der Waals surface area contributed by atoms with Gasteiger partial charge in [0, 0.05) is 13.5 Å². The molecule has 2 heterocycles. The monoisotopic (exact) mass is 675 g/mol. The minimum Gasteiger partial charge on any atom is -0.477 e. The van der Waals surface area contributed by atoms with E-state index in [9.17, 15) is 19.5 Å². The van der Waals surface area contributed by atoms with Gasteiger partial charge >= 0.3 is 5.97 Å². The van der Waals surface area contributed by atoms with Crippen LogP contribution in [0, 0.1) is 5.92 Å². The topological polar surface area (TPSA) is 128 Å². The predicted molar refractivity (Wildman–Crippen MR) is 185 cm³/mol. The number of aliphatic carboxylic acids is 1. The van der Waals surface area contributed by atoms with Crippen molar-refractivity contribution in [2.45, 2.75) is 50.8 Å². The molecule has 1 fully saturated rings. The number of carbonyl (C=O) groups is 3. The summed E-state index contributed by atoms with van der Waals surface area (Å²) < 4.78 is 7.80. The van der Waals surface area contributed by atoms with Gasteiger partial charge in [0.2, 0.25) is 11.0 Å². The third kappa shape index (κ3) is 6.39. The summed E-state index contributed by atoms with van der Waals surface area (Å²) in [5, 5.41) is 23.3. The molecule has 1 amide bonds. The highest BCUT2D eigenvalue weighted by Gasteiger charge is 2.55. The van der Waals surface area contributed by atoms with Crippen LogP contribution in [0.5, 0.6) is 0 Å². The number of rotatable bonds is 11. The summed E-state index contributed by atoms with van der Waals surface area (Å²) in [7, 11) is -2.28. The first-order chi connectivity index (χ1) is 21.9. The molecule has 2 atom stereocenters. The average Bonchev–Trinajstić information content (AvgIpc) is 3.54. The minimum atomic E-state index is -3.19. The van der Waals surface area contributed by atoms with E-state index in [1.54, 1.807) is 0 Å². The predicted octanol–water partition coefficient (Wildman–Crippen LogP) is 3.95. The SMILES string of the molecule is CC(C)(C)[Si](C)(C)OC[C@H]1C(=O)N(C(C(=O)O)=P(c2ccccc2)(c2ccccc2)c2ccccc2)[C@@H]1SC(=O)Cn1cnnn1. The molecule has 1 aliphatic heterocycles. The summed E-state index contributed by atoms with van der Waals surface area (Å²) in [6, 6.07) is 28.5. The molecule has 0 saturated carbocycles. The zero-order chi connectivity index (χ0) is 33.1. The summed E-state index contributed by atoms with van der Waals surface area (Å²) in [5.74, 6) is -2.33. The number of amides is 1.